The van der Waals surface area contributed by atoms with E-state index in [9.17, 15) is 34.2 Å². The molecule has 0 aliphatic carbocycles. The largest absolute Gasteiger partial charge is 0.480 e. The first-order valence-electron chi connectivity index (χ1n) is 11.1. The number of aliphatic hydroxyl groups is 1. The normalized spacial score (nSPS) is 15.1. The molecule has 0 radical (unpaired) electrons. The van der Waals surface area contributed by atoms with Crippen LogP contribution in [-0.2, 0) is 24.0 Å². The summed E-state index contributed by atoms with van der Waals surface area (Å²) in [7, 11) is 0. The van der Waals surface area contributed by atoms with Crippen molar-refractivity contribution < 1.29 is 34.2 Å². The van der Waals surface area contributed by atoms with Crippen LogP contribution in [0.1, 0.15) is 46.5 Å². The predicted octanol–water partition coefficient (Wildman–Crippen LogP) is -3.79. The molecule has 0 heterocycles. The first-order valence-corrected chi connectivity index (χ1v) is 11.1. The summed E-state index contributed by atoms with van der Waals surface area (Å²) in [6.07, 6.45) is -1.44. The average molecular weight is 503 g/mol. The number of hydrogen-bond acceptors (Lipinski definition) is 8. The van der Waals surface area contributed by atoms with Gasteiger partial charge in [0.15, 0.2) is 5.96 Å². The number of aliphatic hydroxyl groups excluding tert-OH is 1. The highest BCUT2D eigenvalue weighted by molar-refractivity contribution is 5.96. The van der Waals surface area contributed by atoms with Gasteiger partial charge < -0.3 is 49.1 Å². The number of carboxylic acid groups (broad SMARTS) is 1. The van der Waals surface area contributed by atoms with E-state index < -0.39 is 66.3 Å². The van der Waals surface area contributed by atoms with Crippen LogP contribution in [0, 0.1) is 5.92 Å². The second kappa shape index (κ2) is 15.4. The summed E-state index contributed by atoms with van der Waals surface area (Å²) in [5, 5.41) is 25.9. The highest BCUT2D eigenvalue weighted by atomic mass is 16.4. The number of nitrogens with one attached hydrogen (secondary N) is 3. The summed E-state index contributed by atoms with van der Waals surface area (Å²) in [6, 6.07) is -5.29. The molecule has 0 aromatic heterocycles. The highest BCUT2D eigenvalue weighted by Crippen LogP contribution is 2.08. The van der Waals surface area contributed by atoms with Crippen molar-refractivity contribution in [2.24, 2.45) is 33.8 Å². The van der Waals surface area contributed by atoms with Crippen molar-refractivity contribution in [2.75, 3.05) is 6.54 Å². The third kappa shape index (κ3) is 13.1. The van der Waals surface area contributed by atoms with Crippen LogP contribution >= 0.6 is 0 Å². The van der Waals surface area contributed by atoms with Crippen LogP contribution < -0.4 is 38.9 Å². The molecular weight excluding hydrogens is 464 g/mol. The second-order valence-corrected chi connectivity index (χ2v) is 8.54. The summed E-state index contributed by atoms with van der Waals surface area (Å²) in [5.41, 5.74) is 21.2. The predicted molar refractivity (Wildman–Crippen MR) is 126 cm³/mol. The molecule has 4 amide bonds. The van der Waals surface area contributed by atoms with Gasteiger partial charge in [0.2, 0.25) is 23.6 Å². The second-order valence-electron chi connectivity index (χ2n) is 8.54. The molecule has 0 aromatic rings. The molecule has 15 heteroatoms. The Balaban J connectivity index is 5.49. The molecule has 200 valence electrons. The van der Waals surface area contributed by atoms with Gasteiger partial charge in [0.05, 0.1) is 12.5 Å². The number of aliphatic carboxylic acids is 1. The molecule has 0 spiro atoms. The Morgan fingerprint density at radius 1 is 0.857 bits per heavy atom. The quantitative estimate of drug-likeness (QED) is 0.0563. The lowest BCUT2D eigenvalue weighted by atomic mass is 10.0. The van der Waals surface area contributed by atoms with Crippen LogP contribution in [0.4, 0.5) is 0 Å². The fourth-order valence-electron chi connectivity index (χ4n) is 2.91. The summed E-state index contributed by atoms with van der Waals surface area (Å²) >= 11 is 0. The van der Waals surface area contributed by atoms with Gasteiger partial charge in [-0.1, -0.05) is 13.8 Å². The number of carbonyl (C=O) groups excluding carboxylic acids is 4. The van der Waals surface area contributed by atoms with Crippen molar-refractivity contribution in [1.29, 1.82) is 0 Å². The number of hydrogen-bond donors (Lipinski definition) is 9. The van der Waals surface area contributed by atoms with E-state index in [0.29, 0.717) is 0 Å². The molecule has 0 bridgehead atoms. The van der Waals surface area contributed by atoms with Gasteiger partial charge in [-0.3, -0.25) is 24.2 Å². The lowest BCUT2D eigenvalue weighted by Gasteiger charge is -2.26. The van der Waals surface area contributed by atoms with Crippen LogP contribution in [0.25, 0.3) is 0 Å². The van der Waals surface area contributed by atoms with Crippen molar-refractivity contribution in [1.82, 2.24) is 16.0 Å². The number of primary amides is 1. The minimum absolute atomic E-state index is 0.0294. The zero-order valence-electron chi connectivity index (χ0n) is 20.2. The SMILES string of the molecule is CC(C)CC(NC(=O)C(N)C(C)O)C(=O)NC(CC(N)=O)C(=O)NC(CCCN=C(N)N)C(=O)O. The molecule has 0 fully saturated rings. The van der Waals surface area contributed by atoms with Crippen LogP contribution in [0.15, 0.2) is 4.99 Å². The Kier molecular flexibility index (Phi) is 13.9. The Hall–Kier alpha value is -3.46. The average Bonchev–Trinajstić information content (AvgIpc) is 2.72. The van der Waals surface area contributed by atoms with E-state index in [0.717, 1.165) is 0 Å². The zero-order chi connectivity index (χ0) is 27.3. The number of carboxylic acids is 1. The van der Waals surface area contributed by atoms with Gasteiger partial charge in [-0.15, -0.1) is 0 Å². The minimum atomic E-state index is -1.50. The molecule has 35 heavy (non-hydrogen) atoms. The lowest BCUT2D eigenvalue weighted by Crippen LogP contribution is -2.58. The van der Waals surface area contributed by atoms with Gasteiger partial charge in [0.25, 0.3) is 0 Å². The third-order valence-corrected chi connectivity index (χ3v) is 4.76. The number of nitrogens with zero attached hydrogens (tertiary/aromatic N) is 1. The van der Waals surface area contributed by atoms with Gasteiger partial charge >= 0.3 is 5.97 Å². The number of rotatable bonds is 16. The van der Waals surface area contributed by atoms with Gasteiger partial charge in [-0.05, 0) is 32.1 Å². The number of guanidine groups is 1. The Morgan fingerprint density at radius 2 is 1.37 bits per heavy atom. The number of amides is 4. The Bertz CT molecular complexity index is 783. The van der Waals surface area contributed by atoms with Crippen LogP contribution in [0.2, 0.25) is 0 Å². The molecule has 0 aliphatic rings. The standard InChI is InChI=1S/C20H38N8O7/c1-9(2)7-12(28-18(33)15(22)10(3)29)16(31)27-13(8-14(21)30)17(32)26-11(19(34)35)5-4-6-25-20(23)24/h9-13,15,29H,4-8,22H2,1-3H3,(H2,21,30)(H,26,32)(H,27,31)(H,28,33)(H,34,35)(H4,23,24,25). The molecule has 0 saturated carbocycles. The highest BCUT2D eigenvalue weighted by Gasteiger charge is 2.32. The summed E-state index contributed by atoms with van der Waals surface area (Å²) in [5.74, 6) is -5.06. The van der Waals surface area contributed by atoms with Gasteiger partial charge in [-0.25, -0.2) is 4.79 Å². The molecular formula is C20H38N8O7. The molecule has 15 nitrogen and oxygen atoms in total. The zero-order valence-corrected chi connectivity index (χ0v) is 20.2. The number of aliphatic imine (C=N–C) groups is 1. The van der Waals surface area contributed by atoms with E-state index in [4.69, 9.17) is 22.9 Å². The first kappa shape index (κ1) is 31.5. The topological polar surface area (TPSA) is 278 Å². The van der Waals surface area contributed by atoms with Crippen molar-refractivity contribution in [3.05, 3.63) is 0 Å². The molecule has 0 rings (SSSR count). The fourth-order valence-corrected chi connectivity index (χ4v) is 2.91. The van der Waals surface area contributed by atoms with E-state index in [1.165, 1.54) is 6.92 Å². The molecule has 5 unspecified atom stereocenters. The first-order chi connectivity index (χ1) is 16.1. The maximum Gasteiger partial charge on any atom is 0.326 e. The Labute approximate surface area is 203 Å². The maximum atomic E-state index is 12.9. The van der Waals surface area contributed by atoms with E-state index >= 15 is 0 Å². The summed E-state index contributed by atoms with van der Waals surface area (Å²) in [6.45, 7) is 5.02. The molecule has 13 N–H and O–H groups in total. The monoisotopic (exact) mass is 502 g/mol. The molecule has 0 aliphatic heterocycles. The van der Waals surface area contributed by atoms with Crippen LogP contribution in [-0.4, -0.2) is 82.6 Å². The maximum absolute atomic E-state index is 12.9. The molecule has 0 saturated heterocycles. The van der Waals surface area contributed by atoms with E-state index in [1.807, 2.05) is 0 Å². The van der Waals surface area contributed by atoms with Crippen LogP contribution in [0.5, 0.6) is 0 Å². The summed E-state index contributed by atoms with van der Waals surface area (Å²) < 4.78 is 0. The molecule has 5 atom stereocenters. The van der Waals surface area contributed by atoms with Crippen molar-refractivity contribution in [2.45, 2.75) is 76.7 Å². The Morgan fingerprint density at radius 3 is 1.83 bits per heavy atom. The van der Waals surface area contributed by atoms with Gasteiger partial charge in [0, 0.05) is 6.54 Å². The fraction of sp³-hybridized carbons (Fsp3) is 0.700. The molecule has 0 aromatic carbocycles. The smallest absolute Gasteiger partial charge is 0.326 e. The van der Waals surface area contributed by atoms with Crippen LogP contribution in [0.3, 0.4) is 0 Å². The minimum Gasteiger partial charge on any atom is -0.480 e. The third-order valence-electron chi connectivity index (χ3n) is 4.76. The lowest BCUT2D eigenvalue weighted by molar-refractivity contribution is -0.142. The van der Waals surface area contributed by atoms with Gasteiger partial charge in [-0.2, -0.15) is 0 Å². The van der Waals surface area contributed by atoms with Gasteiger partial charge in [0.1, 0.15) is 24.2 Å². The summed E-state index contributed by atoms with van der Waals surface area (Å²) in [4.78, 5) is 64.6. The van der Waals surface area contributed by atoms with E-state index in [-0.39, 0.29) is 37.7 Å². The van der Waals surface area contributed by atoms with E-state index in [1.54, 1.807) is 13.8 Å². The van der Waals surface area contributed by atoms with Crippen molar-refractivity contribution >= 4 is 35.6 Å². The number of carbonyl (C=O) groups is 5. The van der Waals surface area contributed by atoms with E-state index in [2.05, 4.69) is 20.9 Å². The number of nitrogens with two attached hydrogens (primary N) is 4. The van der Waals surface area contributed by atoms with Crippen molar-refractivity contribution in [3.8, 4) is 0 Å². The van der Waals surface area contributed by atoms with Crippen molar-refractivity contribution in [3.63, 3.8) is 0 Å².